The van der Waals surface area contributed by atoms with E-state index in [0.29, 0.717) is 0 Å². The summed E-state index contributed by atoms with van der Waals surface area (Å²) in [6.07, 6.45) is 3.54. The van der Waals surface area contributed by atoms with Gasteiger partial charge in [-0.2, -0.15) is 0 Å². The molecule has 0 saturated carbocycles. The number of allylic oxidation sites excluding steroid dienone is 2. The summed E-state index contributed by atoms with van der Waals surface area (Å²) >= 11 is 6.21. The molecule has 0 nitrogen and oxygen atoms in total. The van der Waals surface area contributed by atoms with Crippen molar-refractivity contribution in [2.45, 2.75) is 26.2 Å². The van der Waals surface area contributed by atoms with Gasteiger partial charge in [-0.1, -0.05) is 69.3 Å². The summed E-state index contributed by atoms with van der Waals surface area (Å²) < 4.78 is 0. The van der Waals surface area contributed by atoms with Gasteiger partial charge < -0.3 is 0 Å². The van der Waals surface area contributed by atoms with E-state index in [4.69, 9.17) is 11.6 Å². The molecule has 0 aliphatic carbocycles. The molecule has 0 heterocycles. The van der Waals surface area contributed by atoms with E-state index in [1.54, 1.807) is 6.08 Å². The van der Waals surface area contributed by atoms with E-state index in [-0.39, 0.29) is 5.41 Å². The van der Waals surface area contributed by atoms with Crippen LogP contribution in [0, 0.1) is 0 Å². The zero-order chi connectivity index (χ0) is 11.5. The van der Waals surface area contributed by atoms with Crippen LogP contribution in [0.3, 0.4) is 0 Å². The third kappa shape index (κ3) is 2.97. The number of hydrogen-bond acceptors (Lipinski definition) is 0. The molecule has 0 aliphatic rings. The zero-order valence-corrected chi connectivity index (χ0v) is 10.3. The second kappa shape index (κ2) is 4.67. The Balaban J connectivity index is 3.30. The van der Waals surface area contributed by atoms with Gasteiger partial charge in [-0.3, -0.25) is 0 Å². The molecule has 0 aromatic heterocycles. The van der Waals surface area contributed by atoms with Crippen LogP contribution in [0.15, 0.2) is 43.0 Å². The van der Waals surface area contributed by atoms with Crippen molar-refractivity contribution in [3.05, 3.63) is 54.1 Å². The highest BCUT2D eigenvalue weighted by atomic mass is 35.5. The average molecular weight is 221 g/mol. The minimum Gasteiger partial charge on any atom is -0.0990 e. The monoisotopic (exact) mass is 220 g/mol. The van der Waals surface area contributed by atoms with E-state index in [9.17, 15) is 0 Å². The van der Waals surface area contributed by atoms with Gasteiger partial charge in [0.15, 0.2) is 0 Å². The van der Waals surface area contributed by atoms with Crippen LogP contribution in [0.2, 0.25) is 0 Å². The van der Waals surface area contributed by atoms with Gasteiger partial charge in [0, 0.05) is 5.03 Å². The molecule has 0 unspecified atom stereocenters. The lowest BCUT2D eigenvalue weighted by atomic mass is 9.83. The number of halogens is 1. The Kier molecular flexibility index (Phi) is 3.76. The fourth-order valence-electron chi connectivity index (χ4n) is 1.54. The summed E-state index contributed by atoms with van der Waals surface area (Å²) in [6, 6.07) is 8.21. The van der Waals surface area contributed by atoms with Crippen LogP contribution in [0.1, 0.15) is 31.9 Å². The largest absolute Gasteiger partial charge is 0.0990 e. The standard InChI is InChI=1S/C14H17Cl/c1-5-8-13(15)11-9-6-7-10-12(11)14(2,3)4/h5-10H,1H2,2-4H3/b13-8+. The van der Waals surface area contributed by atoms with Crippen LogP contribution in [-0.4, -0.2) is 0 Å². The van der Waals surface area contributed by atoms with E-state index in [1.807, 2.05) is 24.3 Å². The molecule has 0 N–H and O–H groups in total. The Labute approximate surface area is 97.3 Å². The predicted molar refractivity (Wildman–Crippen MR) is 69.2 cm³/mol. The molecular formula is C14H17Cl. The van der Waals surface area contributed by atoms with E-state index in [1.165, 1.54) is 5.56 Å². The molecule has 0 atom stereocenters. The number of hydrogen-bond donors (Lipinski definition) is 0. The first-order valence-electron chi connectivity index (χ1n) is 5.05. The van der Waals surface area contributed by atoms with E-state index in [2.05, 4.69) is 33.4 Å². The van der Waals surface area contributed by atoms with Crippen molar-refractivity contribution < 1.29 is 0 Å². The molecule has 0 radical (unpaired) electrons. The molecule has 1 rings (SSSR count). The van der Waals surface area contributed by atoms with E-state index >= 15 is 0 Å². The van der Waals surface area contributed by atoms with Gasteiger partial charge in [0.05, 0.1) is 0 Å². The second-order valence-electron chi connectivity index (χ2n) is 4.55. The quantitative estimate of drug-likeness (QED) is 0.631. The molecular weight excluding hydrogens is 204 g/mol. The van der Waals surface area contributed by atoms with Crippen LogP contribution in [0.25, 0.3) is 5.03 Å². The molecule has 0 spiro atoms. The van der Waals surface area contributed by atoms with Crippen molar-refractivity contribution in [3.8, 4) is 0 Å². The third-order valence-electron chi connectivity index (χ3n) is 2.26. The lowest BCUT2D eigenvalue weighted by Gasteiger charge is -2.22. The predicted octanol–water partition coefficient (Wildman–Crippen LogP) is 4.75. The molecule has 1 heteroatoms. The fourth-order valence-corrected chi connectivity index (χ4v) is 1.79. The van der Waals surface area contributed by atoms with Gasteiger partial charge >= 0.3 is 0 Å². The summed E-state index contributed by atoms with van der Waals surface area (Å²) in [5.41, 5.74) is 2.45. The van der Waals surface area contributed by atoms with Crippen molar-refractivity contribution in [3.63, 3.8) is 0 Å². The van der Waals surface area contributed by atoms with Gasteiger partial charge in [-0.15, -0.1) is 0 Å². The summed E-state index contributed by atoms with van der Waals surface area (Å²) in [5, 5.41) is 0.746. The van der Waals surface area contributed by atoms with Crippen LogP contribution < -0.4 is 0 Å². The minimum atomic E-state index is 0.103. The van der Waals surface area contributed by atoms with Crippen molar-refractivity contribution in [2.24, 2.45) is 0 Å². The highest BCUT2D eigenvalue weighted by Gasteiger charge is 2.18. The summed E-state index contributed by atoms with van der Waals surface area (Å²) in [6.45, 7) is 10.2. The lowest BCUT2D eigenvalue weighted by Crippen LogP contribution is -2.13. The molecule has 0 aliphatic heterocycles. The first-order chi connectivity index (χ1) is 6.96. The lowest BCUT2D eigenvalue weighted by molar-refractivity contribution is 0.589. The number of rotatable bonds is 2. The number of benzene rings is 1. The normalized spacial score (nSPS) is 12.7. The van der Waals surface area contributed by atoms with Crippen LogP contribution in [-0.2, 0) is 5.41 Å². The van der Waals surface area contributed by atoms with Crippen LogP contribution >= 0.6 is 11.6 Å². The summed E-state index contributed by atoms with van der Waals surface area (Å²) in [4.78, 5) is 0. The Hall–Kier alpha value is -1.01. The van der Waals surface area contributed by atoms with E-state index in [0.717, 1.165) is 10.6 Å². The van der Waals surface area contributed by atoms with Gasteiger partial charge in [0.1, 0.15) is 0 Å². The molecule has 0 saturated heterocycles. The summed E-state index contributed by atoms with van der Waals surface area (Å²) in [5.74, 6) is 0. The smallest absolute Gasteiger partial charge is 0.0481 e. The zero-order valence-electron chi connectivity index (χ0n) is 9.55. The molecule has 0 fully saturated rings. The molecule has 0 amide bonds. The van der Waals surface area contributed by atoms with Gasteiger partial charge in [0.2, 0.25) is 0 Å². The first-order valence-corrected chi connectivity index (χ1v) is 5.42. The minimum absolute atomic E-state index is 0.103. The highest BCUT2D eigenvalue weighted by molar-refractivity contribution is 6.49. The van der Waals surface area contributed by atoms with Crippen LogP contribution in [0.5, 0.6) is 0 Å². The average Bonchev–Trinajstić information content (AvgIpc) is 2.17. The molecule has 0 bridgehead atoms. The summed E-state index contributed by atoms with van der Waals surface area (Å²) in [7, 11) is 0. The second-order valence-corrected chi connectivity index (χ2v) is 4.95. The Morgan fingerprint density at radius 1 is 1.27 bits per heavy atom. The highest BCUT2D eigenvalue weighted by Crippen LogP contribution is 2.31. The van der Waals surface area contributed by atoms with E-state index < -0.39 is 0 Å². The van der Waals surface area contributed by atoms with Crippen molar-refractivity contribution in [1.29, 1.82) is 0 Å². The molecule has 15 heavy (non-hydrogen) atoms. The van der Waals surface area contributed by atoms with Crippen molar-refractivity contribution in [1.82, 2.24) is 0 Å². The Morgan fingerprint density at radius 3 is 2.40 bits per heavy atom. The Bertz CT molecular complexity index is 381. The maximum absolute atomic E-state index is 6.21. The maximum Gasteiger partial charge on any atom is 0.0481 e. The van der Waals surface area contributed by atoms with Gasteiger partial charge in [0.25, 0.3) is 0 Å². The Morgan fingerprint density at radius 2 is 1.87 bits per heavy atom. The van der Waals surface area contributed by atoms with Crippen molar-refractivity contribution >= 4 is 16.6 Å². The van der Waals surface area contributed by atoms with Crippen LogP contribution in [0.4, 0.5) is 0 Å². The SMILES string of the molecule is C=C/C=C(/Cl)c1ccccc1C(C)(C)C. The van der Waals surface area contributed by atoms with Gasteiger partial charge in [-0.25, -0.2) is 0 Å². The fraction of sp³-hybridized carbons (Fsp3) is 0.286. The maximum atomic E-state index is 6.21. The van der Waals surface area contributed by atoms with Gasteiger partial charge in [-0.05, 0) is 22.6 Å². The van der Waals surface area contributed by atoms with Crippen molar-refractivity contribution in [2.75, 3.05) is 0 Å². The molecule has 1 aromatic rings. The molecule has 1 aromatic carbocycles. The first kappa shape index (κ1) is 12.1. The third-order valence-corrected chi connectivity index (χ3v) is 2.59. The topological polar surface area (TPSA) is 0 Å². The molecule has 80 valence electrons.